The van der Waals surface area contributed by atoms with E-state index in [1.807, 2.05) is 27.6 Å². The number of benzene rings is 1. The topological polar surface area (TPSA) is 151 Å². The van der Waals surface area contributed by atoms with Crippen LogP contribution in [-0.4, -0.2) is 60.0 Å². The Balaban J connectivity index is 1.62. The van der Waals surface area contributed by atoms with Crippen LogP contribution < -0.4 is 10.0 Å². The van der Waals surface area contributed by atoms with Crippen LogP contribution >= 0.6 is 22.7 Å². The summed E-state index contributed by atoms with van der Waals surface area (Å²) in [5.41, 5.74) is 2.43. The fourth-order valence-corrected chi connectivity index (χ4v) is 6.09. The SMILES string of the molecule is COC(=O)N(C)[C@@H](Cc1ccncc1)C(=O)N[C@@H](Cc1ccc(NS(=O)(=O)O)cc1)c1csc(-c2cccs2)n1. The molecule has 0 aliphatic carbocycles. The van der Waals surface area contributed by atoms with Gasteiger partial charge in [0.05, 0.1) is 29.4 Å². The van der Waals surface area contributed by atoms with Crippen LogP contribution in [0.5, 0.6) is 0 Å². The van der Waals surface area contributed by atoms with Gasteiger partial charge >= 0.3 is 16.4 Å². The van der Waals surface area contributed by atoms with E-state index in [2.05, 4.69) is 10.3 Å². The van der Waals surface area contributed by atoms with Gasteiger partial charge in [0.1, 0.15) is 11.0 Å². The number of hydrogen-bond donors (Lipinski definition) is 3. The minimum Gasteiger partial charge on any atom is -0.453 e. The number of aromatic nitrogens is 2. The molecule has 40 heavy (non-hydrogen) atoms. The predicted octanol–water partition coefficient (Wildman–Crippen LogP) is 4.19. The summed E-state index contributed by atoms with van der Waals surface area (Å²) in [6.07, 6.45) is 3.15. The molecule has 1 aromatic carbocycles. The Labute approximate surface area is 239 Å². The van der Waals surface area contributed by atoms with Gasteiger partial charge in [-0.1, -0.05) is 18.2 Å². The lowest BCUT2D eigenvalue weighted by molar-refractivity contribution is -0.126. The molecule has 4 rings (SSSR count). The van der Waals surface area contributed by atoms with Gasteiger partial charge in [0, 0.05) is 31.2 Å². The van der Waals surface area contributed by atoms with Gasteiger partial charge in [-0.15, -0.1) is 22.7 Å². The van der Waals surface area contributed by atoms with Crippen molar-refractivity contribution in [2.75, 3.05) is 18.9 Å². The van der Waals surface area contributed by atoms with Crippen LogP contribution in [0, 0.1) is 0 Å². The number of amides is 2. The number of hydrogen-bond acceptors (Lipinski definition) is 9. The molecule has 3 heterocycles. The second-order valence-corrected chi connectivity index (χ2v) is 11.7. The average molecular weight is 602 g/mol. The quantitative estimate of drug-likeness (QED) is 0.217. The number of methoxy groups -OCH3 is 1. The van der Waals surface area contributed by atoms with Gasteiger partial charge in [-0.05, 0) is 53.3 Å². The van der Waals surface area contributed by atoms with E-state index in [-0.39, 0.29) is 12.1 Å². The fourth-order valence-electron chi connectivity index (χ4n) is 3.97. The highest BCUT2D eigenvalue weighted by Gasteiger charge is 2.30. The Morgan fingerprint density at radius 1 is 1.05 bits per heavy atom. The number of pyridine rings is 1. The molecular formula is C26H27N5O6S3. The molecule has 0 aliphatic heterocycles. The first-order valence-corrected chi connectivity index (χ1v) is 15.2. The van der Waals surface area contributed by atoms with Crippen LogP contribution in [0.3, 0.4) is 0 Å². The summed E-state index contributed by atoms with van der Waals surface area (Å²) in [6.45, 7) is 0. The molecule has 14 heteroatoms. The van der Waals surface area contributed by atoms with Crippen molar-refractivity contribution >= 4 is 50.7 Å². The fraction of sp³-hybridized carbons (Fsp3) is 0.231. The van der Waals surface area contributed by atoms with Crippen molar-refractivity contribution in [3.63, 3.8) is 0 Å². The zero-order valence-corrected chi connectivity index (χ0v) is 24.0. The van der Waals surface area contributed by atoms with Crippen molar-refractivity contribution in [1.82, 2.24) is 20.2 Å². The molecular weight excluding hydrogens is 575 g/mol. The molecule has 3 N–H and O–H groups in total. The van der Waals surface area contributed by atoms with Crippen LogP contribution in [0.4, 0.5) is 10.5 Å². The maximum atomic E-state index is 13.7. The largest absolute Gasteiger partial charge is 0.453 e. The van der Waals surface area contributed by atoms with Gasteiger partial charge in [-0.25, -0.2) is 9.78 Å². The van der Waals surface area contributed by atoms with E-state index < -0.39 is 34.4 Å². The van der Waals surface area contributed by atoms with E-state index in [4.69, 9.17) is 14.3 Å². The highest BCUT2D eigenvalue weighted by molar-refractivity contribution is 7.87. The molecule has 0 radical (unpaired) electrons. The summed E-state index contributed by atoms with van der Waals surface area (Å²) >= 11 is 3.02. The van der Waals surface area contributed by atoms with Crippen molar-refractivity contribution in [2.45, 2.75) is 24.9 Å². The van der Waals surface area contributed by atoms with Crippen molar-refractivity contribution in [2.24, 2.45) is 0 Å². The zero-order chi connectivity index (χ0) is 28.7. The maximum Gasteiger partial charge on any atom is 0.409 e. The molecule has 3 aromatic heterocycles. The summed E-state index contributed by atoms with van der Waals surface area (Å²) in [5.74, 6) is -0.398. The Morgan fingerprint density at radius 2 is 1.75 bits per heavy atom. The number of rotatable bonds is 11. The number of ether oxygens (including phenoxy) is 1. The number of thiophene rings is 1. The van der Waals surface area contributed by atoms with Gasteiger partial charge in [0.15, 0.2) is 0 Å². The Bertz CT molecular complexity index is 1530. The minimum atomic E-state index is -4.40. The normalized spacial score (nSPS) is 12.8. The van der Waals surface area contributed by atoms with E-state index in [1.54, 1.807) is 48.0 Å². The molecule has 0 bridgehead atoms. The van der Waals surface area contributed by atoms with Gasteiger partial charge in [-0.2, -0.15) is 8.42 Å². The zero-order valence-electron chi connectivity index (χ0n) is 21.6. The van der Waals surface area contributed by atoms with Gasteiger partial charge in [-0.3, -0.25) is 24.0 Å². The number of thiazole rings is 1. The smallest absolute Gasteiger partial charge is 0.409 e. The molecule has 0 unspecified atom stereocenters. The lowest BCUT2D eigenvalue weighted by atomic mass is 10.0. The van der Waals surface area contributed by atoms with Crippen molar-refractivity contribution in [1.29, 1.82) is 0 Å². The number of anilines is 1. The summed E-state index contributed by atoms with van der Waals surface area (Å²) < 4.78 is 38.2. The highest BCUT2D eigenvalue weighted by Crippen LogP contribution is 2.31. The van der Waals surface area contributed by atoms with Crippen LogP contribution in [0.2, 0.25) is 0 Å². The van der Waals surface area contributed by atoms with E-state index >= 15 is 0 Å². The van der Waals surface area contributed by atoms with Gasteiger partial charge < -0.3 is 10.1 Å². The molecule has 4 aromatic rings. The van der Waals surface area contributed by atoms with Crippen LogP contribution in [0.15, 0.2) is 71.7 Å². The third-order valence-corrected chi connectivity index (χ3v) is 8.37. The first kappa shape index (κ1) is 29.1. The summed E-state index contributed by atoms with van der Waals surface area (Å²) in [7, 11) is -1.64. The second-order valence-electron chi connectivity index (χ2n) is 8.75. The predicted molar refractivity (Wildman–Crippen MR) is 154 cm³/mol. The van der Waals surface area contributed by atoms with Crippen molar-refractivity contribution in [3.8, 4) is 9.88 Å². The van der Waals surface area contributed by atoms with Gasteiger partial charge in [0.2, 0.25) is 5.91 Å². The molecule has 0 aliphatic rings. The van der Waals surface area contributed by atoms with E-state index in [0.717, 1.165) is 21.0 Å². The molecule has 2 amide bonds. The Hall–Kier alpha value is -3.85. The standard InChI is InChI=1S/C26H27N5O6S3/c1-31(26(33)37-2)22(15-18-9-11-27-12-10-18)24(32)28-20(21-16-39-25(29-21)23-4-3-13-38-23)14-17-5-7-19(8-6-17)30-40(34,35)36/h3-13,16,20,22,30H,14-15H2,1-2H3,(H,28,32)(H,34,35,36)/t20-,22-/m0/s1. The first-order chi connectivity index (χ1) is 19.1. The molecule has 2 atom stereocenters. The van der Waals surface area contributed by atoms with Gasteiger partial charge in [0.25, 0.3) is 0 Å². The molecule has 0 saturated heterocycles. The highest BCUT2D eigenvalue weighted by atomic mass is 32.2. The third-order valence-electron chi connectivity index (χ3n) is 5.98. The summed E-state index contributed by atoms with van der Waals surface area (Å²) in [5, 5.41) is 7.73. The minimum absolute atomic E-state index is 0.192. The number of carbonyl (C=O) groups is 2. The van der Waals surface area contributed by atoms with E-state index in [0.29, 0.717) is 12.1 Å². The Kier molecular flexibility index (Phi) is 9.47. The second kappa shape index (κ2) is 13.0. The van der Waals surface area contributed by atoms with Crippen molar-refractivity contribution < 1.29 is 27.3 Å². The monoisotopic (exact) mass is 601 g/mol. The van der Waals surface area contributed by atoms with Crippen molar-refractivity contribution in [3.05, 3.63) is 88.5 Å². The van der Waals surface area contributed by atoms with Crippen LogP contribution in [-0.2, 0) is 32.7 Å². The number of nitrogens with one attached hydrogen (secondary N) is 2. The molecule has 0 spiro atoms. The molecule has 11 nitrogen and oxygen atoms in total. The first-order valence-electron chi connectivity index (χ1n) is 12.0. The Morgan fingerprint density at radius 3 is 2.38 bits per heavy atom. The van der Waals surface area contributed by atoms with E-state index in [1.165, 1.54) is 42.5 Å². The molecule has 0 fully saturated rings. The third kappa shape index (κ3) is 7.85. The lowest BCUT2D eigenvalue weighted by Crippen LogP contribution is -2.50. The summed E-state index contributed by atoms with van der Waals surface area (Å²) in [6, 6.07) is 12.4. The molecule has 0 saturated carbocycles. The lowest BCUT2D eigenvalue weighted by Gasteiger charge is -2.28. The number of likely N-dealkylation sites (N-methyl/N-ethyl adjacent to an activating group) is 1. The number of carbonyl (C=O) groups excluding carboxylic acids is 2. The van der Waals surface area contributed by atoms with E-state index in [9.17, 15) is 18.0 Å². The maximum absolute atomic E-state index is 13.7. The summed E-state index contributed by atoms with van der Waals surface area (Å²) in [4.78, 5) is 37.2. The van der Waals surface area contributed by atoms with Crippen LogP contribution in [0.25, 0.3) is 9.88 Å². The average Bonchev–Trinajstić information content (AvgIpc) is 3.64. The van der Waals surface area contributed by atoms with Crippen LogP contribution in [0.1, 0.15) is 22.9 Å². The molecule has 210 valence electrons. The number of nitrogens with zero attached hydrogens (tertiary/aromatic N) is 3.